The third kappa shape index (κ3) is 2.95. The van der Waals surface area contributed by atoms with E-state index in [-0.39, 0.29) is 5.91 Å². The van der Waals surface area contributed by atoms with E-state index in [1.54, 1.807) is 0 Å². The Morgan fingerprint density at radius 1 is 1.26 bits per heavy atom. The number of carbonyl (C=O) groups excluding carboxylic acids is 1. The highest BCUT2D eigenvalue weighted by Crippen LogP contribution is 2.37. The Kier molecular flexibility index (Phi) is 4.09. The Morgan fingerprint density at radius 3 is 2.89 bits per heavy atom. The van der Waals surface area contributed by atoms with Crippen molar-refractivity contribution in [3.63, 3.8) is 0 Å². The van der Waals surface area contributed by atoms with Crippen LogP contribution in [0.1, 0.15) is 30.9 Å². The second-order valence-corrected chi connectivity index (χ2v) is 6.29. The molecule has 0 aliphatic carbocycles. The van der Waals surface area contributed by atoms with Gasteiger partial charge in [-0.05, 0) is 30.9 Å². The number of rotatable bonds is 3. The molecule has 0 bridgehead atoms. The topological polar surface area (TPSA) is 32.3 Å². The van der Waals surface area contributed by atoms with Gasteiger partial charge in [0.05, 0.1) is 6.54 Å². The van der Waals surface area contributed by atoms with Crippen LogP contribution in [0.25, 0.3) is 0 Å². The number of benzene rings is 1. The maximum atomic E-state index is 12.1. The third-order valence-electron chi connectivity index (χ3n) is 3.91. The van der Waals surface area contributed by atoms with Crippen LogP contribution in [-0.4, -0.2) is 36.2 Å². The number of fused-ring (bicyclic) bond motifs is 1. The lowest BCUT2D eigenvalue weighted by molar-refractivity contribution is -0.131. The van der Waals surface area contributed by atoms with E-state index < -0.39 is 0 Å². The molecule has 4 heteroatoms. The van der Waals surface area contributed by atoms with Crippen LogP contribution >= 0.6 is 11.8 Å². The molecular weight excluding hydrogens is 256 g/mol. The van der Waals surface area contributed by atoms with Gasteiger partial charge >= 0.3 is 0 Å². The summed E-state index contributed by atoms with van der Waals surface area (Å²) in [6, 6.07) is 8.81. The zero-order chi connectivity index (χ0) is 13.1. The van der Waals surface area contributed by atoms with Crippen molar-refractivity contribution in [2.75, 3.05) is 25.4 Å². The Morgan fingerprint density at radius 2 is 2.05 bits per heavy atom. The highest BCUT2D eigenvalue weighted by atomic mass is 32.2. The van der Waals surface area contributed by atoms with Crippen molar-refractivity contribution < 1.29 is 4.79 Å². The summed E-state index contributed by atoms with van der Waals surface area (Å²) in [5.74, 6) is 1.29. The van der Waals surface area contributed by atoms with Crippen LogP contribution in [0.4, 0.5) is 0 Å². The molecule has 3 nitrogen and oxygen atoms in total. The molecule has 0 aromatic heterocycles. The van der Waals surface area contributed by atoms with Gasteiger partial charge in [0.15, 0.2) is 0 Å². The standard InChI is InChI=1S/C15H20N2OS/c18-15(17-8-4-1-5-9-17)10-16-13-11-19-14-7-3-2-6-12(13)14/h2-3,6-7,13,16H,1,4-5,8-11H2. The highest BCUT2D eigenvalue weighted by molar-refractivity contribution is 7.99. The molecule has 19 heavy (non-hydrogen) atoms. The molecule has 1 aromatic rings. The number of carbonyl (C=O) groups is 1. The molecule has 1 fully saturated rings. The van der Waals surface area contributed by atoms with Gasteiger partial charge in [-0.2, -0.15) is 0 Å². The van der Waals surface area contributed by atoms with Crippen molar-refractivity contribution in [2.24, 2.45) is 0 Å². The zero-order valence-corrected chi connectivity index (χ0v) is 11.9. The minimum atomic E-state index is 0.258. The van der Waals surface area contributed by atoms with Crippen LogP contribution in [0, 0.1) is 0 Å². The fraction of sp³-hybridized carbons (Fsp3) is 0.533. The highest BCUT2D eigenvalue weighted by Gasteiger charge is 2.24. The lowest BCUT2D eigenvalue weighted by Crippen LogP contribution is -2.42. The minimum absolute atomic E-state index is 0.258. The first-order chi connectivity index (χ1) is 9.34. The number of hydrogen-bond acceptors (Lipinski definition) is 3. The molecule has 2 aliphatic rings. The minimum Gasteiger partial charge on any atom is -0.342 e. The van der Waals surface area contributed by atoms with Gasteiger partial charge in [-0.3, -0.25) is 4.79 Å². The van der Waals surface area contributed by atoms with Gasteiger partial charge in [0, 0.05) is 29.8 Å². The van der Waals surface area contributed by atoms with Crippen LogP contribution in [-0.2, 0) is 4.79 Å². The molecule has 1 amide bonds. The fourth-order valence-corrected chi connectivity index (χ4v) is 3.99. The van der Waals surface area contributed by atoms with E-state index >= 15 is 0 Å². The molecule has 0 spiro atoms. The first-order valence-corrected chi connectivity index (χ1v) is 8.06. The van der Waals surface area contributed by atoms with Crippen molar-refractivity contribution in [3.8, 4) is 0 Å². The van der Waals surface area contributed by atoms with E-state index in [2.05, 4.69) is 29.6 Å². The maximum Gasteiger partial charge on any atom is 0.236 e. The summed E-state index contributed by atoms with van der Waals surface area (Å²) in [5, 5.41) is 3.42. The van der Waals surface area contributed by atoms with Gasteiger partial charge in [-0.1, -0.05) is 18.2 Å². The molecular formula is C15H20N2OS. The van der Waals surface area contributed by atoms with Crippen LogP contribution in [0.3, 0.4) is 0 Å². The number of nitrogens with zero attached hydrogens (tertiary/aromatic N) is 1. The molecule has 1 unspecified atom stereocenters. The van der Waals surface area contributed by atoms with Gasteiger partial charge in [0.2, 0.25) is 5.91 Å². The van der Waals surface area contributed by atoms with Crippen LogP contribution in [0.5, 0.6) is 0 Å². The number of amides is 1. The second kappa shape index (κ2) is 5.97. The van der Waals surface area contributed by atoms with Crippen LogP contribution in [0.15, 0.2) is 29.2 Å². The summed E-state index contributed by atoms with van der Waals surface area (Å²) in [6.07, 6.45) is 3.59. The first-order valence-electron chi connectivity index (χ1n) is 7.07. The number of piperidine rings is 1. The Hall–Kier alpha value is -1.00. The predicted octanol–water partition coefficient (Wildman–Crippen LogP) is 2.44. The average molecular weight is 276 g/mol. The second-order valence-electron chi connectivity index (χ2n) is 5.22. The maximum absolute atomic E-state index is 12.1. The summed E-state index contributed by atoms with van der Waals surface area (Å²) < 4.78 is 0. The summed E-state index contributed by atoms with van der Waals surface area (Å²) in [7, 11) is 0. The molecule has 1 aromatic carbocycles. The van der Waals surface area contributed by atoms with Crippen molar-refractivity contribution in [2.45, 2.75) is 30.2 Å². The molecule has 1 saturated heterocycles. The average Bonchev–Trinajstić information content (AvgIpc) is 2.89. The Balaban J connectivity index is 1.54. The van der Waals surface area contributed by atoms with Crippen LogP contribution in [0.2, 0.25) is 0 Å². The fourth-order valence-electron chi connectivity index (χ4n) is 2.80. The monoisotopic (exact) mass is 276 g/mol. The largest absolute Gasteiger partial charge is 0.342 e. The zero-order valence-electron chi connectivity index (χ0n) is 11.1. The molecule has 0 radical (unpaired) electrons. The predicted molar refractivity (Wildman–Crippen MR) is 78.3 cm³/mol. The van der Waals surface area contributed by atoms with E-state index in [9.17, 15) is 4.79 Å². The number of hydrogen-bond donors (Lipinski definition) is 1. The summed E-state index contributed by atoms with van der Waals surface area (Å²) in [5.41, 5.74) is 1.35. The molecule has 102 valence electrons. The molecule has 2 aliphatic heterocycles. The van der Waals surface area contributed by atoms with E-state index in [0.717, 1.165) is 31.7 Å². The summed E-state index contributed by atoms with van der Waals surface area (Å²) in [4.78, 5) is 15.5. The van der Waals surface area contributed by atoms with Gasteiger partial charge in [-0.15, -0.1) is 11.8 Å². The van der Waals surface area contributed by atoms with Crippen molar-refractivity contribution in [1.82, 2.24) is 10.2 Å². The van der Waals surface area contributed by atoms with Crippen molar-refractivity contribution >= 4 is 17.7 Å². The smallest absolute Gasteiger partial charge is 0.236 e. The normalized spacial score (nSPS) is 22.3. The summed E-state index contributed by atoms with van der Waals surface area (Å²) >= 11 is 1.88. The SMILES string of the molecule is O=C(CNC1CSc2ccccc21)N1CCCCC1. The summed E-state index contributed by atoms with van der Waals surface area (Å²) in [6.45, 7) is 2.35. The van der Waals surface area contributed by atoms with Gasteiger partial charge < -0.3 is 10.2 Å². The molecule has 2 heterocycles. The van der Waals surface area contributed by atoms with Crippen molar-refractivity contribution in [3.05, 3.63) is 29.8 Å². The quantitative estimate of drug-likeness (QED) is 0.920. The van der Waals surface area contributed by atoms with E-state index in [1.807, 2.05) is 16.7 Å². The Bertz CT molecular complexity index is 457. The first kappa shape index (κ1) is 13.0. The van der Waals surface area contributed by atoms with Crippen molar-refractivity contribution in [1.29, 1.82) is 0 Å². The van der Waals surface area contributed by atoms with E-state index in [1.165, 1.54) is 16.9 Å². The van der Waals surface area contributed by atoms with Gasteiger partial charge in [0.1, 0.15) is 0 Å². The molecule has 1 atom stereocenters. The lowest BCUT2D eigenvalue weighted by atomic mass is 10.1. The van der Waals surface area contributed by atoms with Gasteiger partial charge in [-0.25, -0.2) is 0 Å². The molecule has 0 saturated carbocycles. The third-order valence-corrected chi connectivity index (χ3v) is 5.09. The van der Waals surface area contributed by atoms with Crippen LogP contribution < -0.4 is 5.32 Å². The molecule has 3 rings (SSSR count). The lowest BCUT2D eigenvalue weighted by Gasteiger charge is -2.27. The number of nitrogens with one attached hydrogen (secondary N) is 1. The van der Waals surface area contributed by atoms with Gasteiger partial charge in [0.25, 0.3) is 0 Å². The molecule has 1 N–H and O–H groups in total. The van der Waals surface area contributed by atoms with E-state index in [4.69, 9.17) is 0 Å². The number of likely N-dealkylation sites (tertiary alicyclic amines) is 1. The number of thioether (sulfide) groups is 1. The van der Waals surface area contributed by atoms with E-state index in [0.29, 0.717) is 12.6 Å². The Labute approximate surface area is 118 Å².